The normalized spacial score (nSPS) is 14.6. The molecule has 0 bridgehead atoms. The van der Waals surface area contributed by atoms with Crippen LogP contribution in [0.4, 0.5) is 5.95 Å². The van der Waals surface area contributed by atoms with Crippen molar-refractivity contribution in [3.63, 3.8) is 0 Å². The van der Waals surface area contributed by atoms with Crippen molar-refractivity contribution in [3.8, 4) is 40.1 Å². The van der Waals surface area contributed by atoms with Crippen LogP contribution < -0.4 is 34.7 Å². The number of nitrogens with two attached hydrogens (primary N) is 1. The number of ether oxygens (including phenoxy) is 5. The van der Waals surface area contributed by atoms with Gasteiger partial charge in [-0.2, -0.15) is 4.98 Å². The molecule has 0 unspecified atom stereocenters. The zero-order valence-electron chi connectivity index (χ0n) is 20.3. The molecule has 184 valence electrons. The average molecular weight is 482 g/mol. The predicted octanol–water partition coefficient (Wildman–Crippen LogP) is 2.76. The SMILES string of the molecule is COc1ccc([C@H]2C(C(N)=O)=C(C)Nc3nc(-c4cc(OC)c(OC)c(OC)c4)nn32)cc1OC. The van der Waals surface area contributed by atoms with Crippen molar-refractivity contribution >= 4 is 11.9 Å². The van der Waals surface area contributed by atoms with Gasteiger partial charge in [-0.15, -0.1) is 5.10 Å². The second-order valence-corrected chi connectivity index (χ2v) is 7.66. The zero-order chi connectivity index (χ0) is 25.3. The predicted molar refractivity (Wildman–Crippen MR) is 128 cm³/mol. The van der Waals surface area contributed by atoms with Crippen molar-refractivity contribution in [2.45, 2.75) is 13.0 Å². The van der Waals surface area contributed by atoms with E-state index in [0.717, 1.165) is 5.56 Å². The van der Waals surface area contributed by atoms with Crippen LogP contribution in [0.5, 0.6) is 28.7 Å². The minimum absolute atomic E-state index is 0.353. The molecular weight excluding hydrogens is 454 g/mol. The van der Waals surface area contributed by atoms with Crippen molar-refractivity contribution in [2.75, 3.05) is 40.9 Å². The highest BCUT2D eigenvalue weighted by atomic mass is 16.5. The van der Waals surface area contributed by atoms with E-state index in [9.17, 15) is 4.79 Å². The van der Waals surface area contributed by atoms with E-state index in [1.165, 1.54) is 21.3 Å². The molecule has 0 fully saturated rings. The standard InChI is InChI=1S/C24H27N5O6/c1-12-19(22(25)30)20(13-7-8-15(31-2)16(9-13)32-3)29-24(26-12)27-23(28-29)14-10-17(33-4)21(35-6)18(11-14)34-5/h7-11,20H,1-6H3,(H2,25,30)(H,26,27,28)/t20-/m0/s1. The summed E-state index contributed by atoms with van der Waals surface area (Å²) in [7, 11) is 7.70. The van der Waals surface area contributed by atoms with Crippen molar-refractivity contribution in [1.29, 1.82) is 0 Å². The Labute approximate surface area is 202 Å². The van der Waals surface area contributed by atoms with Gasteiger partial charge in [-0.25, -0.2) is 4.68 Å². The summed E-state index contributed by atoms with van der Waals surface area (Å²) in [4.78, 5) is 17.2. The number of benzene rings is 2. The summed E-state index contributed by atoms with van der Waals surface area (Å²) in [6, 6.07) is 8.24. The highest BCUT2D eigenvalue weighted by molar-refractivity contribution is 5.95. The fourth-order valence-electron chi connectivity index (χ4n) is 4.13. The molecule has 1 aliphatic rings. The van der Waals surface area contributed by atoms with Gasteiger partial charge in [-0.3, -0.25) is 4.79 Å². The first-order valence-corrected chi connectivity index (χ1v) is 10.6. The van der Waals surface area contributed by atoms with Gasteiger partial charge in [0.25, 0.3) is 0 Å². The van der Waals surface area contributed by atoms with Crippen molar-refractivity contribution < 1.29 is 28.5 Å². The van der Waals surface area contributed by atoms with Gasteiger partial charge in [0.05, 0.1) is 41.1 Å². The van der Waals surface area contributed by atoms with Gasteiger partial charge in [-0.1, -0.05) is 6.07 Å². The lowest BCUT2D eigenvalue weighted by Gasteiger charge is -2.28. The summed E-state index contributed by atoms with van der Waals surface area (Å²) in [5, 5.41) is 7.86. The first kappa shape index (κ1) is 23.7. The molecule has 3 N–H and O–H groups in total. The summed E-state index contributed by atoms with van der Waals surface area (Å²) in [6.45, 7) is 1.77. The van der Waals surface area contributed by atoms with Gasteiger partial charge in [0.2, 0.25) is 17.6 Å². The maximum atomic E-state index is 12.5. The highest BCUT2D eigenvalue weighted by Gasteiger charge is 2.34. The van der Waals surface area contributed by atoms with Gasteiger partial charge < -0.3 is 34.7 Å². The average Bonchev–Trinajstić information content (AvgIpc) is 3.29. The molecule has 2 aromatic carbocycles. The molecule has 4 rings (SSSR count). The number of primary amides is 1. The summed E-state index contributed by atoms with van der Waals surface area (Å²) < 4.78 is 28.8. The van der Waals surface area contributed by atoms with E-state index in [4.69, 9.17) is 34.5 Å². The molecule has 1 atom stereocenters. The molecule has 35 heavy (non-hydrogen) atoms. The monoisotopic (exact) mass is 481 g/mol. The van der Waals surface area contributed by atoms with Crippen molar-refractivity contribution in [2.24, 2.45) is 5.73 Å². The molecule has 1 amide bonds. The summed E-state index contributed by atoms with van der Waals surface area (Å²) in [6.07, 6.45) is 0. The number of amides is 1. The molecule has 0 aliphatic carbocycles. The van der Waals surface area contributed by atoms with Crippen LogP contribution in [0.1, 0.15) is 18.5 Å². The molecule has 2 heterocycles. The Morgan fingerprint density at radius 3 is 2.09 bits per heavy atom. The Morgan fingerprint density at radius 2 is 1.54 bits per heavy atom. The number of carbonyl (C=O) groups is 1. The topological polar surface area (TPSA) is 132 Å². The van der Waals surface area contributed by atoms with Crippen LogP contribution in [-0.2, 0) is 4.79 Å². The van der Waals surface area contributed by atoms with Crippen LogP contribution in [0.2, 0.25) is 0 Å². The number of carbonyl (C=O) groups excluding carboxylic acids is 1. The molecule has 0 radical (unpaired) electrons. The maximum Gasteiger partial charge on any atom is 0.248 e. The van der Waals surface area contributed by atoms with E-state index in [2.05, 4.69) is 10.3 Å². The molecular formula is C24H27N5O6. The highest BCUT2D eigenvalue weighted by Crippen LogP contribution is 2.42. The Kier molecular flexibility index (Phi) is 6.41. The quantitative estimate of drug-likeness (QED) is 0.498. The zero-order valence-corrected chi connectivity index (χ0v) is 20.3. The van der Waals surface area contributed by atoms with Crippen LogP contribution in [0, 0.1) is 0 Å². The van der Waals surface area contributed by atoms with Crippen LogP contribution in [0.15, 0.2) is 41.6 Å². The Hall–Kier alpha value is -4.41. The number of nitrogens with one attached hydrogen (secondary N) is 1. The Balaban J connectivity index is 1.89. The van der Waals surface area contributed by atoms with Crippen LogP contribution in [0.3, 0.4) is 0 Å². The van der Waals surface area contributed by atoms with E-state index < -0.39 is 11.9 Å². The van der Waals surface area contributed by atoms with Crippen molar-refractivity contribution in [3.05, 3.63) is 47.2 Å². The third-order valence-corrected chi connectivity index (χ3v) is 5.76. The Morgan fingerprint density at radius 1 is 0.914 bits per heavy atom. The van der Waals surface area contributed by atoms with E-state index in [1.54, 1.807) is 50.1 Å². The minimum atomic E-state index is -0.646. The van der Waals surface area contributed by atoms with E-state index >= 15 is 0 Å². The lowest BCUT2D eigenvalue weighted by Crippen LogP contribution is -2.31. The molecule has 0 saturated carbocycles. The lowest BCUT2D eigenvalue weighted by atomic mass is 9.95. The summed E-state index contributed by atoms with van der Waals surface area (Å²) >= 11 is 0. The number of hydrogen-bond donors (Lipinski definition) is 2. The second-order valence-electron chi connectivity index (χ2n) is 7.66. The van der Waals surface area contributed by atoms with Crippen LogP contribution in [0.25, 0.3) is 11.4 Å². The number of anilines is 1. The number of fused-ring (bicyclic) bond motifs is 1. The fourth-order valence-corrected chi connectivity index (χ4v) is 4.13. The Bertz CT molecular complexity index is 1290. The van der Waals surface area contributed by atoms with Gasteiger partial charge in [0.1, 0.15) is 6.04 Å². The first-order chi connectivity index (χ1) is 16.9. The third kappa shape index (κ3) is 4.05. The number of hydrogen-bond acceptors (Lipinski definition) is 9. The minimum Gasteiger partial charge on any atom is -0.493 e. The second kappa shape index (κ2) is 9.45. The molecule has 0 spiro atoms. The molecule has 0 saturated heterocycles. The molecule has 1 aromatic heterocycles. The van der Waals surface area contributed by atoms with E-state index in [-0.39, 0.29) is 0 Å². The lowest BCUT2D eigenvalue weighted by molar-refractivity contribution is -0.115. The number of methoxy groups -OCH3 is 5. The summed E-state index contributed by atoms with van der Waals surface area (Å²) in [5.74, 6) is 2.70. The number of rotatable bonds is 8. The van der Waals surface area contributed by atoms with Crippen LogP contribution >= 0.6 is 0 Å². The van der Waals surface area contributed by atoms with Gasteiger partial charge in [0, 0.05) is 11.3 Å². The first-order valence-electron chi connectivity index (χ1n) is 10.6. The fraction of sp³-hybridized carbons (Fsp3) is 0.292. The molecule has 11 nitrogen and oxygen atoms in total. The van der Waals surface area contributed by atoms with Crippen molar-refractivity contribution in [1.82, 2.24) is 14.8 Å². The van der Waals surface area contributed by atoms with Gasteiger partial charge >= 0.3 is 0 Å². The maximum absolute atomic E-state index is 12.5. The summed E-state index contributed by atoms with van der Waals surface area (Å²) in [5.41, 5.74) is 8.08. The van der Waals surface area contributed by atoms with Crippen LogP contribution in [-0.4, -0.2) is 56.2 Å². The van der Waals surface area contributed by atoms with Gasteiger partial charge in [0.15, 0.2) is 28.8 Å². The largest absolute Gasteiger partial charge is 0.493 e. The number of nitrogens with zero attached hydrogens (tertiary/aromatic N) is 3. The molecule has 1 aliphatic heterocycles. The number of allylic oxidation sites excluding steroid dienone is 1. The molecule has 3 aromatic rings. The van der Waals surface area contributed by atoms with E-state index in [0.29, 0.717) is 57.4 Å². The van der Waals surface area contributed by atoms with Gasteiger partial charge in [-0.05, 0) is 36.8 Å². The molecule has 11 heteroatoms. The van der Waals surface area contributed by atoms with E-state index in [1.807, 2.05) is 6.07 Å². The third-order valence-electron chi connectivity index (χ3n) is 5.76. The smallest absolute Gasteiger partial charge is 0.248 e. The number of aromatic nitrogens is 3.